The Morgan fingerprint density at radius 2 is 2.09 bits per heavy atom. The number of aryl methyl sites for hydroxylation is 1. The van der Waals surface area contributed by atoms with Crippen molar-refractivity contribution in [3.05, 3.63) is 35.4 Å². The number of amides is 2. The molecule has 1 aromatic carbocycles. The van der Waals surface area contributed by atoms with E-state index in [0.717, 1.165) is 25.8 Å². The summed E-state index contributed by atoms with van der Waals surface area (Å²) in [4.78, 5) is 14.1. The Morgan fingerprint density at radius 1 is 1.41 bits per heavy atom. The highest BCUT2D eigenvalue weighted by atomic mass is 16.3. The Labute approximate surface area is 133 Å². The number of likely N-dealkylation sites (tertiary alicyclic amines) is 1. The maximum atomic E-state index is 12.4. The van der Waals surface area contributed by atoms with Crippen LogP contribution in [0.25, 0.3) is 0 Å². The highest BCUT2D eigenvalue weighted by molar-refractivity contribution is 5.74. The van der Waals surface area contributed by atoms with E-state index in [0.29, 0.717) is 6.54 Å². The van der Waals surface area contributed by atoms with Crippen LogP contribution in [0.4, 0.5) is 4.79 Å². The molecule has 0 aliphatic carbocycles. The number of hydrogen-bond acceptors (Lipinski definition) is 2. The number of aliphatic hydroxyl groups excluding tert-OH is 1. The average Bonchev–Trinajstić information content (AvgIpc) is 2.51. The zero-order valence-electron chi connectivity index (χ0n) is 13.9. The van der Waals surface area contributed by atoms with Crippen molar-refractivity contribution in [2.75, 3.05) is 13.1 Å². The van der Waals surface area contributed by atoms with E-state index in [2.05, 4.69) is 43.4 Å². The fourth-order valence-electron chi connectivity index (χ4n) is 2.81. The fraction of sp³-hybridized carbons (Fsp3) is 0.611. The van der Waals surface area contributed by atoms with E-state index in [-0.39, 0.29) is 18.0 Å². The van der Waals surface area contributed by atoms with Crippen molar-refractivity contribution >= 4 is 6.03 Å². The molecular weight excluding hydrogens is 276 g/mol. The van der Waals surface area contributed by atoms with Crippen LogP contribution in [0.2, 0.25) is 0 Å². The third-order valence-corrected chi connectivity index (χ3v) is 4.63. The summed E-state index contributed by atoms with van der Waals surface area (Å²) in [6.45, 7) is 7.36. The average molecular weight is 304 g/mol. The monoisotopic (exact) mass is 304 g/mol. The van der Waals surface area contributed by atoms with Crippen molar-refractivity contribution in [3.8, 4) is 0 Å². The molecule has 4 nitrogen and oxygen atoms in total. The Kier molecular flexibility index (Phi) is 5.83. The predicted octanol–water partition coefficient (Wildman–Crippen LogP) is 2.73. The lowest BCUT2D eigenvalue weighted by Crippen LogP contribution is -2.52. The van der Waals surface area contributed by atoms with E-state index in [1.54, 1.807) is 4.90 Å². The molecule has 0 spiro atoms. The summed E-state index contributed by atoms with van der Waals surface area (Å²) < 4.78 is 0. The normalized spacial score (nSPS) is 23.2. The number of benzene rings is 1. The maximum Gasteiger partial charge on any atom is 0.317 e. The van der Waals surface area contributed by atoms with Gasteiger partial charge >= 0.3 is 6.03 Å². The van der Waals surface area contributed by atoms with Crippen LogP contribution in [-0.2, 0) is 6.42 Å². The zero-order chi connectivity index (χ0) is 16.1. The summed E-state index contributed by atoms with van der Waals surface area (Å²) in [5, 5.41) is 13.0. The molecule has 1 heterocycles. The summed E-state index contributed by atoms with van der Waals surface area (Å²) in [6, 6.07) is 8.53. The van der Waals surface area contributed by atoms with Crippen LogP contribution < -0.4 is 5.32 Å². The van der Waals surface area contributed by atoms with Crippen LogP contribution in [0.1, 0.15) is 37.8 Å². The third-order valence-electron chi connectivity index (χ3n) is 4.63. The van der Waals surface area contributed by atoms with Gasteiger partial charge in [-0.3, -0.25) is 0 Å². The van der Waals surface area contributed by atoms with Gasteiger partial charge in [0.15, 0.2) is 0 Å². The number of urea groups is 1. The fourth-order valence-corrected chi connectivity index (χ4v) is 2.81. The molecule has 3 unspecified atom stereocenters. The van der Waals surface area contributed by atoms with Gasteiger partial charge in [-0.1, -0.05) is 43.7 Å². The van der Waals surface area contributed by atoms with Crippen molar-refractivity contribution < 1.29 is 9.90 Å². The van der Waals surface area contributed by atoms with Gasteiger partial charge in [0.25, 0.3) is 0 Å². The van der Waals surface area contributed by atoms with E-state index in [1.165, 1.54) is 11.1 Å². The van der Waals surface area contributed by atoms with Gasteiger partial charge in [0.05, 0.1) is 6.10 Å². The molecule has 0 aromatic heterocycles. The zero-order valence-corrected chi connectivity index (χ0v) is 13.9. The molecule has 1 aromatic rings. The van der Waals surface area contributed by atoms with Crippen molar-refractivity contribution in [3.63, 3.8) is 0 Å². The summed E-state index contributed by atoms with van der Waals surface area (Å²) in [5.74, 6) is 0.276. The SMILES string of the molecule is CCC(Cc1ccc(C)cc1)NC(=O)N1CCC(C)C(O)C1. The number of carbonyl (C=O) groups excluding carboxylic acids is 1. The standard InChI is InChI=1S/C18H28N2O2/c1-4-16(11-15-7-5-13(2)6-8-15)19-18(22)20-10-9-14(3)17(21)12-20/h5-8,14,16-17,21H,4,9-12H2,1-3H3,(H,19,22). The van der Waals surface area contributed by atoms with E-state index in [4.69, 9.17) is 0 Å². The number of rotatable bonds is 4. The molecule has 1 fully saturated rings. The lowest BCUT2D eigenvalue weighted by Gasteiger charge is -2.35. The van der Waals surface area contributed by atoms with Crippen LogP contribution in [0.5, 0.6) is 0 Å². The first-order valence-electron chi connectivity index (χ1n) is 8.28. The predicted molar refractivity (Wildman–Crippen MR) is 88.9 cm³/mol. The molecule has 0 bridgehead atoms. The molecule has 1 saturated heterocycles. The first-order valence-corrected chi connectivity index (χ1v) is 8.28. The lowest BCUT2D eigenvalue weighted by molar-refractivity contribution is 0.0429. The van der Waals surface area contributed by atoms with Gasteiger partial charge < -0.3 is 15.3 Å². The van der Waals surface area contributed by atoms with Crippen LogP contribution in [0.3, 0.4) is 0 Å². The minimum absolute atomic E-state index is 0.0510. The first kappa shape index (κ1) is 16.8. The number of carbonyl (C=O) groups is 1. The maximum absolute atomic E-state index is 12.4. The number of hydrogen-bond donors (Lipinski definition) is 2. The van der Waals surface area contributed by atoms with Gasteiger partial charge in [0.1, 0.15) is 0 Å². The Bertz CT molecular complexity index is 486. The molecule has 3 atom stereocenters. The van der Waals surface area contributed by atoms with Crippen molar-refractivity contribution in [1.82, 2.24) is 10.2 Å². The highest BCUT2D eigenvalue weighted by Gasteiger charge is 2.28. The molecule has 0 saturated carbocycles. The summed E-state index contributed by atoms with van der Waals surface area (Å²) in [6.07, 6.45) is 2.20. The largest absolute Gasteiger partial charge is 0.391 e. The quantitative estimate of drug-likeness (QED) is 0.898. The van der Waals surface area contributed by atoms with E-state index < -0.39 is 6.10 Å². The number of β-amino-alcohol motifs (C(OH)–C–C–N with tert-alkyl or cyclic N) is 1. The van der Waals surface area contributed by atoms with Crippen LogP contribution in [0.15, 0.2) is 24.3 Å². The van der Waals surface area contributed by atoms with Crippen LogP contribution in [-0.4, -0.2) is 41.3 Å². The first-order chi connectivity index (χ1) is 10.5. The second-order valence-corrected chi connectivity index (χ2v) is 6.52. The van der Waals surface area contributed by atoms with E-state index in [1.807, 2.05) is 6.92 Å². The molecule has 122 valence electrons. The number of aliphatic hydroxyl groups is 1. The number of piperidine rings is 1. The Balaban J connectivity index is 1.89. The van der Waals surface area contributed by atoms with Gasteiger partial charge in [-0.25, -0.2) is 4.79 Å². The van der Waals surface area contributed by atoms with Gasteiger partial charge in [0.2, 0.25) is 0 Å². The van der Waals surface area contributed by atoms with Crippen molar-refractivity contribution in [2.24, 2.45) is 5.92 Å². The summed E-state index contributed by atoms with van der Waals surface area (Å²) in [5.41, 5.74) is 2.49. The molecule has 4 heteroatoms. The third kappa shape index (κ3) is 4.47. The molecular formula is C18H28N2O2. The van der Waals surface area contributed by atoms with Gasteiger partial charge in [-0.2, -0.15) is 0 Å². The number of nitrogens with one attached hydrogen (secondary N) is 1. The second kappa shape index (κ2) is 7.63. The minimum Gasteiger partial charge on any atom is -0.391 e. The molecule has 2 rings (SSSR count). The second-order valence-electron chi connectivity index (χ2n) is 6.52. The molecule has 1 aliphatic heterocycles. The smallest absolute Gasteiger partial charge is 0.317 e. The molecule has 1 aliphatic rings. The highest BCUT2D eigenvalue weighted by Crippen LogP contribution is 2.17. The van der Waals surface area contributed by atoms with Crippen LogP contribution >= 0.6 is 0 Å². The Morgan fingerprint density at radius 3 is 2.68 bits per heavy atom. The van der Waals surface area contributed by atoms with Gasteiger partial charge in [-0.15, -0.1) is 0 Å². The van der Waals surface area contributed by atoms with Gasteiger partial charge in [0, 0.05) is 19.1 Å². The van der Waals surface area contributed by atoms with Crippen molar-refractivity contribution in [2.45, 2.75) is 52.2 Å². The van der Waals surface area contributed by atoms with Crippen molar-refractivity contribution in [1.29, 1.82) is 0 Å². The molecule has 0 radical (unpaired) electrons. The minimum atomic E-state index is -0.406. The van der Waals surface area contributed by atoms with E-state index >= 15 is 0 Å². The molecule has 22 heavy (non-hydrogen) atoms. The van der Waals surface area contributed by atoms with Crippen LogP contribution in [0, 0.1) is 12.8 Å². The summed E-state index contributed by atoms with van der Waals surface area (Å²) in [7, 11) is 0. The molecule has 2 amide bonds. The Hall–Kier alpha value is -1.55. The molecule has 2 N–H and O–H groups in total. The number of nitrogens with zero attached hydrogens (tertiary/aromatic N) is 1. The topological polar surface area (TPSA) is 52.6 Å². The summed E-state index contributed by atoms with van der Waals surface area (Å²) >= 11 is 0. The lowest BCUT2D eigenvalue weighted by atomic mass is 9.96. The van der Waals surface area contributed by atoms with Gasteiger partial charge in [-0.05, 0) is 37.7 Å². The van der Waals surface area contributed by atoms with E-state index in [9.17, 15) is 9.90 Å².